The molecule has 0 aromatic heterocycles. The van der Waals surface area contributed by atoms with Crippen molar-refractivity contribution in [1.29, 1.82) is 0 Å². The second-order valence-electron chi connectivity index (χ2n) is 2.47. The molecule has 0 heterocycles. The van der Waals surface area contributed by atoms with E-state index in [4.69, 9.17) is 0 Å². The molecule has 0 fully saturated rings. The normalized spacial score (nSPS) is 34.1. The third-order valence-corrected chi connectivity index (χ3v) is 1.67. The van der Waals surface area contributed by atoms with Crippen LogP contribution in [0.4, 0.5) is 0 Å². The van der Waals surface area contributed by atoms with E-state index in [1.54, 1.807) is 11.1 Å². The van der Waals surface area contributed by atoms with Crippen molar-refractivity contribution in [1.82, 2.24) is 0 Å². The zero-order valence-electron chi connectivity index (χ0n) is 4.44. The summed E-state index contributed by atoms with van der Waals surface area (Å²) in [6.45, 7) is 2.20. The Morgan fingerprint density at radius 2 is 2.57 bits per heavy atom. The molecule has 0 nitrogen and oxygen atoms in total. The minimum atomic E-state index is 0.889. The number of fused-ring (bicyclic) bond motifs is 1. The van der Waals surface area contributed by atoms with Crippen molar-refractivity contribution in [3.05, 3.63) is 23.3 Å². The molecule has 0 radical (unpaired) electrons. The Kier molecular flexibility index (Phi) is 0.415. The summed E-state index contributed by atoms with van der Waals surface area (Å²) in [4.78, 5) is 0. The first kappa shape index (κ1) is 3.48. The van der Waals surface area contributed by atoms with Gasteiger partial charge in [0.05, 0.1) is 0 Å². The Balaban J connectivity index is 2.34. The third kappa shape index (κ3) is 0.365. The van der Waals surface area contributed by atoms with Crippen molar-refractivity contribution < 1.29 is 0 Å². The molecule has 36 valence electrons. The standard InChI is InChI=1S/C7H8/c1-5-2-6-4-7(6)3-5/h2,4,7H,3H2,1H3. The van der Waals surface area contributed by atoms with Gasteiger partial charge in [-0.15, -0.1) is 0 Å². The minimum absolute atomic E-state index is 0.889. The molecule has 0 spiro atoms. The Morgan fingerprint density at radius 1 is 1.71 bits per heavy atom. The maximum atomic E-state index is 2.33. The molecule has 1 unspecified atom stereocenters. The van der Waals surface area contributed by atoms with Crippen LogP contribution in [0.25, 0.3) is 0 Å². The highest BCUT2D eigenvalue weighted by Gasteiger charge is 2.27. The molecule has 1 atom stereocenters. The van der Waals surface area contributed by atoms with Crippen molar-refractivity contribution >= 4 is 0 Å². The van der Waals surface area contributed by atoms with Crippen molar-refractivity contribution in [3.63, 3.8) is 0 Å². The maximum absolute atomic E-state index is 2.33. The van der Waals surface area contributed by atoms with E-state index in [1.165, 1.54) is 6.42 Å². The van der Waals surface area contributed by atoms with Crippen LogP contribution in [0.15, 0.2) is 23.3 Å². The third-order valence-electron chi connectivity index (χ3n) is 1.67. The van der Waals surface area contributed by atoms with Gasteiger partial charge in [0.15, 0.2) is 0 Å². The molecule has 0 saturated carbocycles. The van der Waals surface area contributed by atoms with Crippen molar-refractivity contribution in [2.45, 2.75) is 13.3 Å². The predicted octanol–water partition coefficient (Wildman–Crippen LogP) is 1.89. The summed E-state index contributed by atoms with van der Waals surface area (Å²) < 4.78 is 0. The van der Waals surface area contributed by atoms with E-state index in [0.717, 1.165) is 5.92 Å². The van der Waals surface area contributed by atoms with Crippen LogP contribution in [0.1, 0.15) is 13.3 Å². The molecular formula is C7H8. The quantitative estimate of drug-likeness (QED) is 0.428. The smallest absolute Gasteiger partial charge is 0.00582 e. The van der Waals surface area contributed by atoms with E-state index in [2.05, 4.69) is 19.1 Å². The first-order valence-corrected chi connectivity index (χ1v) is 2.75. The monoisotopic (exact) mass is 92.1 g/mol. The van der Waals surface area contributed by atoms with Gasteiger partial charge in [-0.3, -0.25) is 0 Å². The van der Waals surface area contributed by atoms with E-state index in [9.17, 15) is 0 Å². The van der Waals surface area contributed by atoms with Gasteiger partial charge in [0.2, 0.25) is 0 Å². The molecule has 2 aliphatic rings. The molecule has 7 heavy (non-hydrogen) atoms. The van der Waals surface area contributed by atoms with Gasteiger partial charge in [-0.1, -0.05) is 17.7 Å². The van der Waals surface area contributed by atoms with Gasteiger partial charge in [-0.05, 0) is 18.9 Å². The molecule has 2 rings (SSSR count). The fourth-order valence-electron chi connectivity index (χ4n) is 1.21. The predicted molar refractivity (Wildman–Crippen MR) is 29.9 cm³/mol. The Hall–Kier alpha value is -0.520. The minimum Gasteiger partial charge on any atom is -0.0729 e. The number of hydrogen-bond donors (Lipinski definition) is 0. The maximum Gasteiger partial charge on any atom is 0.00582 e. The van der Waals surface area contributed by atoms with Gasteiger partial charge in [-0.2, -0.15) is 0 Å². The molecule has 0 heteroatoms. The average molecular weight is 92.1 g/mol. The van der Waals surface area contributed by atoms with Crippen LogP contribution in [0, 0.1) is 5.92 Å². The highest BCUT2D eigenvalue weighted by atomic mass is 14.3. The van der Waals surface area contributed by atoms with Crippen LogP contribution in [0.2, 0.25) is 0 Å². The molecular weight excluding hydrogens is 84.1 g/mol. The summed E-state index contributed by atoms with van der Waals surface area (Å²) in [5.41, 5.74) is 3.14. The zero-order valence-corrected chi connectivity index (χ0v) is 4.44. The fraction of sp³-hybridized carbons (Fsp3) is 0.429. The second kappa shape index (κ2) is 0.835. The van der Waals surface area contributed by atoms with Gasteiger partial charge in [0, 0.05) is 5.92 Å². The molecule has 2 aliphatic carbocycles. The summed E-state index contributed by atoms with van der Waals surface area (Å²) in [5.74, 6) is 0.889. The Morgan fingerprint density at radius 3 is 2.86 bits per heavy atom. The molecule has 0 N–H and O–H groups in total. The molecule has 0 amide bonds. The summed E-state index contributed by atoms with van der Waals surface area (Å²) in [7, 11) is 0. The lowest BCUT2D eigenvalue weighted by Gasteiger charge is -1.85. The molecule has 0 aliphatic heterocycles. The second-order valence-corrected chi connectivity index (χ2v) is 2.47. The van der Waals surface area contributed by atoms with E-state index in [-0.39, 0.29) is 0 Å². The Labute approximate surface area is 43.5 Å². The number of hydrogen-bond acceptors (Lipinski definition) is 0. The summed E-state index contributed by atoms with van der Waals surface area (Å²) in [6.07, 6.45) is 5.94. The summed E-state index contributed by atoms with van der Waals surface area (Å²) in [5, 5.41) is 0. The van der Waals surface area contributed by atoms with Gasteiger partial charge < -0.3 is 0 Å². The topological polar surface area (TPSA) is 0 Å². The van der Waals surface area contributed by atoms with Gasteiger partial charge in [-0.25, -0.2) is 0 Å². The van der Waals surface area contributed by atoms with Crippen LogP contribution < -0.4 is 0 Å². The first-order valence-electron chi connectivity index (χ1n) is 2.75. The lowest BCUT2D eigenvalue weighted by molar-refractivity contribution is 0.910. The molecule has 0 aromatic carbocycles. The molecule has 0 aromatic rings. The highest BCUT2D eigenvalue weighted by molar-refractivity contribution is 5.47. The van der Waals surface area contributed by atoms with Crippen LogP contribution in [-0.4, -0.2) is 0 Å². The van der Waals surface area contributed by atoms with E-state index in [0.29, 0.717) is 0 Å². The Bertz CT molecular complexity index is 161. The molecule has 0 bridgehead atoms. The van der Waals surface area contributed by atoms with Gasteiger partial charge >= 0.3 is 0 Å². The zero-order chi connectivity index (χ0) is 4.85. The van der Waals surface area contributed by atoms with Gasteiger partial charge in [0.25, 0.3) is 0 Å². The lowest BCUT2D eigenvalue weighted by atomic mass is 10.2. The van der Waals surface area contributed by atoms with Crippen molar-refractivity contribution in [3.8, 4) is 0 Å². The van der Waals surface area contributed by atoms with Crippen LogP contribution in [0.5, 0.6) is 0 Å². The fourth-order valence-corrected chi connectivity index (χ4v) is 1.21. The molecule has 0 saturated heterocycles. The van der Waals surface area contributed by atoms with E-state index in [1.807, 2.05) is 0 Å². The highest BCUT2D eigenvalue weighted by Crippen LogP contribution is 2.42. The van der Waals surface area contributed by atoms with Gasteiger partial charge in [0.1, 0.15) is 0 Å². The summed E-state index contributed by atoms with van der Waals surface area (Å²) >= 11 is 0. The average Bonchev–Trinajstić information content (AvgIpc) is 2.15. The number of rotatable bonds is 0. The number of allylic oxidation sites excluding steroid dienone is 4. The summed E-state index contributed by atoms with van der Waals surface area (Å²) in [6, 6.07) is 0. The van der Waals surface area contributed by atoms with Crippen molar-refractivity contribution in [2.24, 2.45) is 5.92 Å². The lowest BCUT2D eigenvalue weighted by Crippen LogP contribution is -1.71. The first-order chi connectivity index (χ1) is 3.36. The van der Waals surface area contributed by atoms with Crippen molar-refractivity contribution in [2.75, 3.05) is 0 Å². The van der Waals surface area contributed by atoms with Crippen LogP contribution in [-0.2, 0) is 0 Å². The van der Waals surface area contributed by atoms with Crippen LogP contribution >= 0.6 is 0 Å². The SMILES string of the molecule is CC1=CC2=CC2C1. The largest absolute Gasteiger partial charge is 0.0729 e. The van der Waals surface area contributed by atoms with E-state index >= 15 is 0 Å². The van der Waals surface area contributed by atoms with E-state index < -0.39 is 0 Å². The van der Waals surface area contributed by atoms with Crippen LogP contribution in [0.3, 0.4) is 0 Å².